The van der Waals surface area contributed by atoms with Crippen molar-refractivity contribution in [1.82, 2.24) is 5.32 Å². The minimum absolute atomic E-state index is 0.290. The first-order valence-electron chi connectivity index (χ1n) is 8.59. The van der Waals surface area contributed by atoms with Crippen LogP contribution in [0.4, 0.5) is 0 Å². The number of ether oxygens (including phenoxy) is 1. The van der Waals surface area contributed by atoms with Gasteiger partial charge in [0.05, 0.1) is 5.60 Å². The Kier molecular flexibility index (Phi) is 4.19. The molecular weight excluding hydrogens is 234 g/mol. The topological polar surface area (TPSA) is 21.3 Å². The highest BCUT2D eigenvalue weighted by Gasteiger charge is 2.43. The maximum absolute atomic E-state index is 6.06. The number of nitrogens with one attached hydrogen (secondary N) is 1. The van der Waals surface area contributed by atoms with Crippen LogP contribution in [0.15, 0.2) is 0 Å². The van der Waals surface area contributed by atoms with Crippen LogP contribution in [0.1, 0.15) is 71.6 Å². The summed E-state index contributed by atoms with van der Waals surface area (Å²) in [4.78, 5) is 0. The molecule has 2 saturated carbocycles. The summed E-state index contributed by atoms with van der Waals surface area (Å²) in [5, 5.41) is 4.03. The molecule has 3 unspecified atom stereocenters. The van der Waals surface area contributed by atoms with Crippen LogP contribution in [-0.2, 0) is 4.74 Å². The molecule has 0 aromatic heterocycles. The minimum Gasteiger partial charge on any atom is -0.375 e. The van der Waals surface area contributed by atoms with Gasteiger partial charge in [0.15, 0.2) is 0 Å². The molecule has 2 aliphatic carbocycles. The van der Waals surface area contributed by atoms with Crippen molar-refractivity contribution < 1.29 is 4.74 Å². The van der Waals surface area contributed by atoms with Gasteiger partial charge in [-0.15, -0.1) is 0 Å². The average Bonchev–Trinajstić information content (AvgIpc) is 2.37. The van der Waals surface area contributed by atoms with Gasteiger partial charge in [-0.2, -0.15) is 0 Å². The second kappa shape index (κ2) is 5.73. The molecule has 0 aromatic rings. The molecule has 2 heteroatoms. The van der Waals surface area contributed by atoms with Gasteiger partial charge in [-0.3, -0.25) is 0 Å². The van der Waals surface area contributed by atoms with Gasteiger partial charge in [-0.25, -0.2) is 0 Å². The quantitative estimate of drug-likeness (QED) is 0.836. The molecule has 3 fully saturated rings. The van der Waals surface area contributed by atoms with Gasteiger partial charge in [0.25, 0.3) is 0 Å². The van der Waals surface area contributed by atoms with Crippen molar-refractivity contribution in [2.75, 3.05) is 6.61 Å². The molecule has 0 bridgehead atoms. The summed E-state index contributed by atoms with van der Waals surface area (Å²) in [6.07, 6.45) is 12.2. The fourth-order valence-electron chi connectivity index (χ4n) is 4.56. The molecule has 3 aliphatic rings. The standard InChI is InChI=1S/C17H31NO/c1-13(2)15-6-3-4-7-16(15)18-14-8-11-19-17(12-14)9-5-10-17/h13-16,18H,3-12H2,1-2H3. The summed E-state index contributed by atoms with van der Waals surface area (Å²) < 4.78 is 6.06. The molecule has 1 saturated heterocycles. The molecule has 1 spiro atoms. The van der Waals surface area contributed by atoms with Gasteiger partial charge in [-0.05, 0) is 56.8 Å². The van der Waals surface area contributed by atoms with E-state index < -0.39 is 0 Å². The monoisotopic (exact) mass is 265 g/mol. The lowest BCUT2D eigenvalue weighted by Gasteiger charge is -2.49. The molecule has 0 aromatic carbocycles. The van der Waals surface area contributed by atoms with Crippen molar-refractivity contribution in [3.63, 3.8) is 0 Å². The van der Waals surface area contributed by atoms with Crippen LogP contribution in [-0.4, -0.2) is 24.3 Å². The predicted molar refractivity (Wildman–Crippen MR) is 79.3 cm³/mol. The van der Waals surface area contributed by atoms with Crippen molar-refractivity contribution in [2.45, 2.75) is 89.3 Å². The highest BCUT2D eigenvalue weighted by Crippen LogP contribution is 2.42. The van der Waals surface area contributed by atoms with Crippen LogP contribution in [0.2, 0.25) is 0 Å². The Labute approximate surface area is 118 Å². The van der Waals surface area contributed by atoms with Crippen LogP contribution in [0.3, 0.4) is 0 Å². The molecule has 3 atom stereocenters. The van der Waals surface area contributed by atoms with E-state index in [9.17, 15) is 0 Å². The molecule has 1 N–H and O–H groups in total. The molecule has 3 rings (SSSR count). The van der Waals surface area contributed by atoms with E-state index >= 15 is 0 Å². The summed E-state index contributed by atoms with van der Waals surface area (Å²) in [6.45, 7) is 5.79. The Balaban J connectivity index is 1.57. The summed E-state index contributed by atoms with van der Waals surface area (Å²) >= 11 is 0. The lowest BCUT2D eigenvalue weighted by molar-refractivity contribution is -0.137. The third-order valence-electron chi connectivity index (χ3n) is 5.88. The second-order valence-corrected chi connectivity index (χ2v) is 7.54. The highest BCUT2D eigenvalue weighted by molar-refractivity contribution is 4.97. The third-order valence-corrected chi connectivity index (χ3v) is 5.88. The van der Waals surface area contributed by atoms with Gasteiger partial charge in [-0.1, -0.05) is 26.7 Å². The fraction of sp³-hybridized carbons (Fsp3) is 1.00. The van der Waals surface area contributed by atoms with E-state index in [4.69, 9.17) is 4.74 Å². The largest absolute Gasteiger partial charge is 0.375 e. The van der Waals surface area contributed by atoms with E-state index in [0.29, 0.717) is 0 Å². The molecule has 19 heavy (non-hydrogen) atoms. The van der Waals surface area contributed by atoms with Gasteiger partial charge in [0.1, 0.15) is 0 Å². The smallest absolute Gasteiger partial charge is 0.0697 e. The zero-order valence-corrected chi connectivity index (χ0v) is 12.8. The summed E-state index contributed by atoms with van der Waals surface area (Å²) in [6, 6.07) is 1.49. The Bertz CT molecular complexity index is 298. The zero-order chi connectivity index (χ0) is 13.3. The summed E-state index contributed by atoms with van der Waals surface area (Å²) in [5.41, 5.74) is 0.290. The molecule has 2 nitrogen and oxygen atoms in total. The van der Waals surface area contributed by atoms with Crippen LogP contribution in [0.25, 0.3) is 0 Å². The first kappa shape index (κ1) is 13.9. The van der Waals surface area contributed by atoms with Crippen molar-refractivity contribution in [2.24, 2.45) is 11.8 Å². The first-order valence-corrected chi connectivity index (χ1v) is 8.59. The Morgan fingerprint density at radius 1 is 1.05 bits per heavy atom. The van der Waals surface area contributed by atoms with Crippen LogP contribution < -0.4 is 5.32 Å². The van der Waals surface area contributed by atoms with E-state index in [1.165, 1.54) is 57.8 Å². The van der Waals surface area contributed by atoms with Gasteiger partial charge in [0.2, 0.25) is 0 Å². The Morgan fingerprint density at radius 2 is 1.84 bits per heavy atom. The van der Waals surface area contributed by atoms with Crippen molar-refractivity contribution >= 4 is 0 Å². The van der Waals surface area contributed by atoms with E-state index in [1.807, 2.05) is 0 Å². The molecular formula is C17H31NO. The lowest BCUT2D eigenvalue weighted by atomic mass is 9.73. The SMILES string of the molecule is CC(C)C1CCCCC1NC1CCOC2(CCC2)C1. The molecule has 0 amide bonds. The minimum atomic E-state index is 0.290. The normalized spacial score (nSPS) is 38.4. The second-order valence-electron chi connectivity index (χ2n) is 7.54. The van der Waals surface area contributed by atoms with Gasteiger partial charge in [0, 0.05) is 18.7 Å². The van der Waals surface area contributed by atoms with E-state index in [1.54, 1.807) is 0 Å². The summed E-state index contributed by atoms with van der Waals surface area (Å²) in [5.74, 6) is 1.73. The van der Waals surface area contributed by atoms with E-state index in [-0.39, 0.29) is 5.60 Å². The number of rotatable bonds is 3. The molecule has 0 radical (unpaired) electrons. The molecule has 110 valence electrons. The van der Waals surface area contributed by atoms with Crippen molar-refractivity contribution in [1.29, 1.82) is 0 Å². The van der Waals surface area contributed by atoms with E-state index in [2.05, 4.69) is 19.2 Å². The molecule has 1 heterocycles. The third kappa shape index (κ3) is 3.00. The van der Waals surface area contributed by atoms with Crippen LogP contribution in [0.5, 0.6) is 0 Å². The van der Waals surface area contributed by atoms with Gasteiger partial charge >= 0.3 is 0 Å². The zero-order valence-electron chi connectivity index (χ0n) is 12.8. The van der Waals surface area contributed by atoms with Crippen LogP contribution >= 0.6 is 0 Å². The van der Waals surface area contributed by atoms with Crippen molar-refractivity contribution in [3.05, 3.63) is 0 Å². The average molecular weight is 265 g/mol. The Hall–Kier alpha value is -0.0800. The lowest BCUT2D eigenvalue weighted by Crippen LogP contribution is -2.54. The Morgan fingerprint density at radius 3 is 2.53 bits per heavy atom. The van der Waals surface area contributed by atoms with Gasteiger partial charge < -0.3 is 10.1 Å². The van der Waals surface area contributed by atoms with E-state index in [0.717, 1.165) is 30.5 Å². The maximum Gasteiger partial charge on any atom is 0.0697 e. The highest BCUT2D eigenvalue weighted by atomic mass is 16.5. The fourth-order valence-corrected chi connectivity index (χ4v) is 4.56. The number of hydrogen-bond donors (Lipinski definition) is 1. The first-order chi connectivity index (χ1) is 9.19. The van der Waals surface area contributed by atoms with Crippen LogP contribution in [0, 0.1) is 11.8 Å². The molecule has 1 aliphatic heterocycles. The maximum atomic E-state index is 6.06. The van der Waals surface area contributed by atoms with Crippen molar-refractivity contribution in [3.8, 4) is 0 Å². The summed E-state index contributed by atoms with van der Waals surface area (Å²) in [7, 11) is 0. The number of hydrogen-bond acceptors (Lipinski definition) is 2. The predicted octanol–water partition coefficient (Wildman–Crippen LogP) is 3.89.